The zero-order valence-corrected chi connectivity index (χ0v) is 14.3. The highest BCUT2D eigenvalue weighted by atomic mass is 16.5. The van der Waals surface area contributed by atoms with Crippen molar-refractivity contribution in [3.8, 4) is 0 Å². The van der Waals surface area contributed by atoms with Gasteiger partial charge in [0, 0.05) is 6.42 Å². The smallest absolute Gasteiger partial charge is 0.107 e. The molecule has 2 N–H and O–H groups in total. The number of ether oxygens (including phenoxy) is 1. The molecule has 1 saturated heterocycles. The van der Waals surface area contributed by atoms with Crippen LogP contribution in [0.4, 0.5) is 0 Å². The summed E-state index contributed by atoms with van der Waals surface area (Å²) in [6.45, 7) is -0.150. The lowest BCUT2D eigenvalue weighted by Crippen LogP contribution is -2.24. The molecule has 0 spiro atoms. The Morgan fingerprint density at radius 3 is 2.27 bits per heavy atom. The van der Waals surface area contributed by atoms with Gasteiger partial charge in [-0.05, 0) is 43.9 Å². The van der Waals surface area contributed by atoms with Gasteiger partial charge in [0.1, 0.15) is 6.10 Å². The average molecular weight is 344 g/mol. The van der Waals surface area contributed by atoms with Crippen molar-refractivity contribution in [2.24, 2.45) is 0 Å². The lowest BCUT2D eigenvalue weighted by Gasteiger charge is -2.14. The van der Waals surface area contributed by atoms with Gasteiger partial charge in [-0.2, -0.15) is 0 Å². The fraction of sp³-hybridized carbons (Fsp3) is 0.217. The number of hydrogen-bond acceptors (Lipinski definition) is 3. The number of hydrogen-bond donors (Lipinski definition) is 2. The maximum absolute atomic E-state index is 9.99. The van der Waals surface area contributed by atoms with Gasteiger partial charge in [-0.3, -0.25) is 0 Å². The number of aliphatic hydroxyl groups is 2. The maximum Gasteiger partial charge on any atom is 0.107 e. The van der Waals surface area contributed by atoms with Crippen LogP contribution in [0, 0.1) is 0 Å². The highest BCUT2D eigenvalue weighted by Crippen LogP contribution is 2.36. The Labute approximate surface area is 151 Å². The van der Waals surface area contributed by atoms with Crippen molar-refractivity contribution in [3.63, 3.8) is 0 Å². The highest BCUT2D eigenvalue weighted by molar-refractivity contribution is 6.17. The molecule has 3 nitrogen and oxygen atoms in total. The van der Waals surface area contributed by atoms with E-state index in [0.29, 0.717) is 6.42 Å². The quantitative estimate of drug-likeness (QED) is 0.532. The fourth-order valence-corrected chi connectivity index (χ4v) is 4.16. The SMILES string of the molecule is OC[C@H]1OC(c2ccc3c(ccc4c5ccccc5ccc34)c2)C[C@@H]1O. The van der Waals surface area contributed by atoms with Crippen LogP contribution in [-0.4, -0.2) is 29.0 Å². The summed E-state index contributed by atoms with van der Waals surface area (Å²) in [5, 5.41) is 26.7. The molecule has 1 fully saturated rings. The van der Waals surface area contributed by atoms with Crippen molar-refractivity contribution in [3.05, 3.63) is 72.3 Å². The van der Waals surface area contributed by atoms with Crippen molar-refractivity contribution in [1.82, 2.24) is 0 Å². The summed E-state index contributed by atoms with van der Waals surface area (Å²) < 4.78 is 5.80. The third kappa shape index (κ3) is 2.40. The standard InChI is InChI=1S/C23H20O3/c24-13-23-21(25)12-22(26-23)16-7-8-18-15(11-16)6-10-19-17-4-2-1-3-14(17)5-9-20(18)19/h1-11,21-25H,12-13H2/t21-,22?,23+/m0/s1. The van der Waals surface area contributed by atoms with Gasteiger partial charge in [0.15, 0.2) is 0 Å². The van der Waals surface area contributed by atoms with Gasteiger partial charge >= 0.3 is 0 Å². The minimum atomic E-state index is -0.608. The monoisotopic (exact) mass is 344 g/mol. The first-order valence-corrected chi connectivity index (χ1v) is 9.03. The Balaban J connectivity index is 1.64. The second-order valence-corrected chi connectivity index (χ2v) is 7.08. The summed E-state index contributed by atoms with van der Waals surface area (Å²) in [6, 6.07) is 23.5. The van der Waals surface area contributed by atoms with Crippen LogP contribution in [0.5, 0.6) is 0 Å². The van der Waals surface area contributed by atoms with E-state index < -0.39 is 12.2 Å². The second-order valence-electron chi connectivity index (χ2n) is 7.08. The molecule has 5 rings (SSSR count). The van der Waals surface area contributed by atoms with Gasteiger partial charge in [-0.15, -0.1) is 0 Å². The molecule has 0 bridgehead atoms. The van der Waals surface area contributed by atoms with Gasteiger partial charge in [0.25, 0.3) is 0 Å². The van der Waals surface area contributed by atoms with Crippen molar-refractivity contribution >= 4 is 32.3 Å². The minimum Gasteiger partial charge on any atom is -0.394 e. The number of rotatable bonds is 2. The molecule has 130 valence electrons. The predicted molar refractivity (Wildman–Crippen MR) is 104 cm³/mol. The third-order valence-corrected chi connectivity index (χ3v) is 5.54. The topological polar surface area (TPSA) is 49.7 Å². The molecule has 0 saturated carbocycles. The van der Waals surface area contributed by atoms with Crippen LogP contribution in [0.1, 0.15) is 18.1 Å². The van der Waals surface area contributed by atoms with Gasteiger partial charge in [0.2, 0.25) is 0 Å². The second kappa shape index (κ2) is 6.06. The molecule has 0 radical (unpaired) electrons. The molecule has 1 unspecified atom stereocenters. The molecule has 3 heteroatoms. The van der Waals surface area contributed by atoms with Crippen LogP contribution in [0.25, 0.3) is 32.3 Å². The summed E-state index contributed by atoms with van der Waals surface area (Å²) in [6.07, 6.45) is -0.740. The zero-order chi connectivity index (χ0) is 17.7. The number of fused-ring (bicyclic) bond motifs is 5. The van der Waals surface area contributed by atoms with Crippen LogP contribution in [0.2, 0.25) is 0 Å². The van der Waals surface area contributed by atoms with Crippen molar-refractivity contribution < 1.29 is 14.9 Å². The van der Waals surface area contributed by atoms with Crippen molar-refractivity contribution in [2.45, 2.75) is 24.7 Å². The average Bonchev–Trinajstić information content (AvgIpc) is 3.07. The van der Waals surface area contributed by atoms with E-state index in [4.69, 9.17) is 4.74 Å². The van der Waals surface area contributed by atoms with E-state index in [0.717, 1.165) is 10.9 Å². The van der Waals surface area contributed by atoms with Crippen LogP contribution in [0.15, 0.2) is 66.7 Å². The van der Waals surface area contributed by atoms with Crippen LogP contribution < -0.4 is 0 Å². The molecular formula is C23H20O3. The van der Waals surface area contributed by atoms with Gasteiger partial charge in [-0.25, -0.2) is 0 Å². The summed E-state index contributed by atoms with van der Waals surface area (Å²) in [5.74, 6) is 0. The largest absolute Gasteiger partial charge is 0.394 e. The molecule has 1 aliphatic rings. The summed E-state index contributed by atoms with van der Waals surface area (Å²) in [5.41, 5.74) is 1.05. The van der Waals surface area contributed by atoms with E-state index in [9.17, 15) is 10.2 Å². The Morgan fingerprint density at radius 2 is 1.50 bits per heavy atom. The normalized spacial score (nSPS) is 23.2. The van der Waals surface area contributed by atoms with E-state index >= 15 is 0 Å². The zero-order valence-electron chi connectivity index (χ0n) is 14.3. The lowest BCUT2D eigenvalue weighted by atomic mass is 9.95. The number of aliphatic hydroxyl groups excluding tert-OH is 2. The van der Waals surface area contributed by atoms with E-state index in [-0.39, 0.29) is 12.7 Å². The first-order chi connectivity index (χ1) is 12.7. The van der Waals surface area contributed by atoms with Gasteiger partial charge < -0.3 is 14.9 Å². The van der Waals surface area contributed by atoms with Gasteiger partial charge in [-0.1, -0.05) is 60.7 Å². The van der Waals surface area contributed by atoms with E-state index in [1.807, 2.05) is 0 Å². The molecule has 26 heavy (non-hydrogen) atoms. The Morgan fingerprint density at radius 1 is 0.808 bits per heavy atom. The Kier molecular flexibility index (Phi) is 3.68. The maximum atomic E-state index is 9.99. The summed E-state index contributed by atoms with van der Waals surface area (Å²) in [4.78, 5) is 0. The predicted octanol–water partition coefficient (Wildman–Crippen LogP) is 4.33. The minimum absolute atomic E-state index is 0.150. The number of benzene rings is 4. The first kappa shape index (κ1) is 15.8. The first-order valence-electron chi connectivity index (χ1n) is 9.03. The third-order valence-electron chi connectivity index (χ3n) is 5.54. The summed E-state index contributed by atoms with van der Waals surface area (Å²) in [7, 11) is 0. The Bertz CT molecular complexity index is 1120. The van der Waals surface area contributed by atoms with Crippen LogP contribution >= 0.6 is 0 Å². The molecule has 4 aromatic rings. The van der Waals surface area contributed by atoms with Crippen molar-refractivity contribution in [1.29, 1.82) is 0 Å². The Hall–Kier alpha value is -2.46. The van der Waals surface area contributed by atoms with Gasteiger partial charge in [0.05, 0.1) is 18.8 Å². The van der Waals surface area contributed by atoms with E-state index in [2.05, 4.69) is 66.7 Å². The molecular weight excluding hydrogens is 324 g/mol. The van der Waals surface area contributed by atoms with Crippen molar-refractivity contribution in [2.75, 3.05) is 6.61 Å². The lowest BCUT2D eigenvalue weighted by molar-refractivity contribution is -0.0225. The molecule has 1 heterocycles. The molecule has 3 atom stereocenters. The van der Waals surface area contributed by atoms with E-state index in [1.54, 1.807) is 0 Å². The molecule has 4 aromatic carbocycles. The fourth-order valence-electron chi connectivity index (χ4n) is 4.16. The van der Waals surface area contributed by atoms with Crippen LogP contribution in [-0.2, 0) is 4.74 Å². The molecule has 0 amide bonds. The molecule has 1 aliphatic heterocycles. The van der Waals surface area contributed by atoms with E-state index in [1.165, 1.54) is 26.9 Å². The molecule has 0 aliphatic carbocycles. The summed E-state index contributed by atoms with van der Waals surface area (Å²) >= 11 is 0. The molecule has 0 aromatic heterocycles. The highest BCUT2D eigenvalue weighted by Gasteiger charge is 2.34. The van der Waals surface area contributed by atoms with Crippen LogP contribution in [0.3, 0.4) is 0 Å².